The van der Waals surface area contributed by atoms with Gasteiger partial charge in [0.25, 0.3) is 0 Å². The summed E-state index contributed by atoms with van der Waals surface area (Å²) in [6.45, 7) is 3.28. The quantitative estimate of drug-likeness (QED) is 0.698. The molecule has 0 spiro atoms. The summed E-state index contributed by atoms with van der Waals surface area (Å²) < 4.78 is 6.81. The molecular weight excluding hydrogens is 168 g/mol. The molecule has 0 fully saturated rings. The monoisotopic (exact) mass is 184 g/mol. The molecule has 0 radical (unpaired) electrons. The zero-order valence-corrected chi connectivity index (χ0v) is 8.10. The van der Waals surface area contributed by atoms with Gasteiger partial charge in [0.1, 0.15) is 0 Å². The van der Waals surface area contributed by atoms with Crippen molar-refractivity contribution in [3.8, 4) is 0 Å². The van der Waals surface area contributed by atoms with Crippen LogP contribution in [0.4, 0.5) is 0 Å². The molecule has 74 valence electrons. The first-order valence-corrected chi connectivity index (χ1v) is 4.37. The fourth-order valence-corrected chi connectivity index (χ4v) is 1.11. The van der Waals surface area contributed by atoms with Crippen LogP contribution in [0.3, 0.4) is 0 Å². The first kappa shape index (κ1) is 10.1. The number of nitrogens with zero attached hydrogens (tertiary/aromatic N) is 3. The van der Waals surface area contributed by atoms with Crippen molar-refractivity contribution in [3.05, 3.63) is 11.9 Å². The van der Waals surface area contributed by atoms with Crippen molar-refractivity contribution in [2.24, 2.45) is 5.73 Å². The predicted octanol–water partition coefficient (Wildman–Crippen LogP) is -0.0133. The Hall–Kier alpha value is -0.940. The van der Waals surface area contributed by atoms with Crippen molar-refractivity contribution < 1.29 is 4.74 Å². The number of methoxy groups -OCH3 is 1. The van der Waals surface area contributed by atoms with Crippen molar-refractivity contribution >= 4 is 0 Å². The standard InChI is InChI=1S/C8H16N4O/c1-7(6-13-2)12-5-8(3-4-9)10-11-12/h5,7H,3-4,6,9H2,1-2H3. The van der Waals surface area contributed by atoms with Crippen LogP contribution in [0.15, 0.2) is 6.20 Å². The van der Waals surface area contributed by atoms with Gasteiger partial charge in [-0.1, -0.05) is 5.21 Å². The molecule has 1 rings (SSSR count). The molecule has 0 saturated heterocycles. The highest BCUT2D eigenvalue weighted by Gasteiger charge is 2.06. The highest BCUT2D eigenvalue weighted by molar-refractivity contribution is 4.93. The molecule has 5 nitrogen and oxygen atoms in total. The van der Waals surface area contributed by atoms with E-state index < -0.39 is 0 Å². The Bertz CT molecular complexity index is 248. The highest BCUT2D eigenvalue weighted by Crippen LogP contribution is 2.04. The zero-order chi connectivity index (χ0) is 9.68. The number of hydrogen-bond donors (Lipinski definition) is 1. The Morgan fingerprint density at radius 2 is 2.46 bits per heavy atom. The van der Waals surface area contributed by atoms with Crippen LogP contribution in [-0.2, 0) is 11.2 Å². The summed E-state index contributed by atoms with van der Waals surface area (Å²) in [5.74, 6) is 0. The molecular formula is C8H16N4O. The number of ether oxygens (including phenoxy) is 1. The van der Waals surface area contributed by atoms with Crippen LogP contribution < -0.4 is 5.73 Å². The first-order chi connectivity index (χ1) is 6.27. The summed E-state index contributed by atoms with van der Waals surface area (Å²) in [6.07, 6.45) is 2.69. The van der Waals surface area contributed by atoms with Crippen molar-refractivity contribution in [1.29, 1.82) is 0 Å². The van der Waals surface area contributed by atoms with Crippen molar-refractivity contribution in [2.45, 2.75) is 19.4 Å². The lowest BCUT2D eigenvalue weighted by atomic mass is 10.3. The van der Waals surface area contributed by atoms with Gasteiger partial charge >= 0.3 is 0 Å². The molecule has 1 atom stereocenters. The maximum absolute atomic E-state index is 5.40. The smallest absolute Gasteiger partial charge is 0.0839 e. The van der Waals surface area contributed by atoms with E-state index in [-0.39, 0.29) is 6.04 Å². The van der Waals surface area contributed by atoms with Crippen LogP contribution in [0.2, 0.25) is 0 Å². The SMILES string of the molecule is COCC(C)n1cc(CCN)nn1. The maximum atomic E-state index is 5.40. The van der Waals surface area contributed by atoms with Gasteiger partial charge in [-0.25, -0.2) is 4.68 Å². The van der Waals surface area contributed by atoms with E-state index in [2.05, 4.69) is 10.3 Å². The molecule has 0 aliphatic rings. The van der Waals surface area contributed by atoms with E-state index in [1.807, 2.05) is 13.1 Å². The minimum Gasteiger partial charge on any atom is -0.382 e. The zero-order valence-electron chi connectivity index (χ0n) is 8.10. The number of hydrogen-bond acceptors (Lipinski definition) is 4. The van der Waals surface area contributed by atoms with Crippen LogP contribution in [0.1, 0.15) is 18.7 Å². The van der Waals surface area contributed by atoms with E-state index in [0.29, 0.717) is 13.2 Å². The molecule has 1 aromatic rings. The third-order valence-electron chi connectivity index (χ3n) is 1.82. The second kappa shape index (κ2) is 4.94. The van der Waals surface area contributed by atoms with Crippen LogP contribution in [0, 0.1) is 0 Å². The molecule has 2 N–H and O–H groups in total. The third kappa shape index (κ3) is 2.78. The second-order valence-corrected chi connectivity index (χ2v) is 3.03. The van der Waals surface area contributed by atoms with Gasteiger partial charge in [0.15, 0.2) is 0 Å². The van der Waals surface area contributed by atoms with Gasteiger partial charge in [-0.2, -0.15) is 0 Å². The normalized spacial score (nSPS) is 13.2. The number of rotatable bonds is 5. The fourth-order valence-electron chi connectivity index (χ4n) is 1.11. The summed E-state index contributed by atoms with van der Waals surface area (Å²) in [7, 11) is 1.67. The highest BCUT2D eigenvalue weighted by atomic mass is 16.5. The predicted molar refractivity (Wildman–Crippen MR) is 49.4 cm³/mol. The van der Waals surface area contributed by atoms with Crippen molar-refractivity contribution in [3.63, 3.8) is 0 Å². The molecule has 0 aromatic carbocycles. The maximum Gasteiger partial charge on any atom is 0.0839 e. The van der Waals surface area contributed by atoms with Gasteiger partial charge in [-0.05, 0) is 13.5 Å². The van der Waals surface area contributed by atoms with Crippen LogP contribution in [0.25, 0.3) is 0 Å². The van der Waals surface area contributed by atoms with Gasteiger partial charge < -0.3 is 10.5 Å². The lowest BCUT2D eigenvalue weighted by Gasteiger charge is -2.08. The Morgan fingerprint density at radius 1 is 1.69 bits per heavy atom. The Kier molecular flexibility index (Phi) is 3.85. The summed E-state index contributed by atoms with van der Waals surface area (Å²) in [5.41, 5.74) is 6.34. The van der Waals surface area contributed by atoms with E-state index >= 15 is 0 Å². The third-order valence-corrected chi connectivity index (χ3v) is 1.82. The van der Waals surface area contributed by atoms with E-state index in [9.17, 15) is 0 Å². The van der Waals surface area contributed by atoms with Crippen LogP contribution >= 0.6 is 0 Å². The van der Waals surface area contributed by atoms with Crippen molar-refractivity contribution in [2.75, 3.05) is 20.3 Å². The summed E-state index contributed by atoms with van der Waals surface area (Å²) in [4.78, 5) is 0. The molecule has 1 aromatic heterocycles. The molecule has 0 amide bonds. The molecule has 0 saturated carbocycles. The fraction of sp³-hybridized carbons (Fsp3) is 0.750. The molecule has 0 aliphatic carbocycles. The Morgan fingerprint density at radius 3 is 3.08 bits per heavy atom. The van der Waals surface area contributed by atoms with E-state index in [1.165, 1.54) is 0 Å². The average Bonchev–Trinajstić information content (AvgIpc) is 2.54. The van der Waals surface area contributed by atoms with Gasteiger partial charge in [-0.3, -0.25) is 0 Å². The number of nitrogens with two attached hydrogens (primary N) is 1. The Balaban J connectivity index is 2.56. The summed E-state index contributed by atoms with van der Waals surface area (Å²) in [5, 5.41) is 7.97. The topological polar surface area (TPSA) is 66.0 Å². The molecule has 1 heterocycles. The van der Waals surface area contributed by atoms with Gasteiger partial charge in [-0.15, -0.1) is 5.10 Å². The lowest BCUT2D eigenvalue weighted by Crippen LogP contribution is -2.11. The molecule has 0 bridgehead atoms. The molecule has 1 unspecified atom stereocenters. The average molecular weight is 184 g/mol. The summed E-state index contributed by atoms with van der Waals surface area (Å²) in [6, 6.07) is 0.226. The van der Waals surface area contributed by atoms with Crippen LogP contribution in [-0.4, -0.2) is 35.3 Å². The molecule has 13 heavy (non-hydrogen) atoms. The lowest BCUT2D eigenvalue weighted by molar-refractivity contribution is 0.156. The van der Waals surface area contributed by atoms with Gasteiger partial charge in [0, 0.05) is 19.7 Å². The molecule has 0 aliphatic heterocycles. The van der Waals surface area contributed by atoms with Crippen LogP contribution in [0.5, 0.6) is 0 Å². The minimum atomic E-state index is 0.226. The minimum absolute atomic E-state index is 0.226. The largest absolute Gasteiger partial charge is 0.382 e. The summed E-state index contributed by atoms with van der Waals surface area (Å²) >= 11 is 0. The van der Waals surface area contributed by atoms with E-state index in [4.69, 9.17) is 10.5 Å². The van der Waals surface area contributed by atoms with E-state index in [1.54, 1.807) is 11.8 Å². The second-order valence-electron chi connectivity index (χ2n) is 3.03. The van der Waals surface area contributed by atoms with Gasteiger partial charge in [0.2, 0.25) is 0 Å². The number of aromatic nitrogens is 3. The van der Waals surface area contributed by atoms with E-state index in [0.717, 1.165) is 12.1 Å². The van der Waals surface area contributed by atoms with Gasteiger partial charge in [0.05, 0.1) is 18.3 Å². The first-order valence-electron chi connectivity index (χ1n) is 4.37. The van der Waals surface area contributed by atoms with Crippen molar-refractivity contribution in [1.82, 2.24) is 15.0 Å². The molecule has 5 heteroatoms. The Labute approximate surface area is 77.9 Å².